The van der Waals surface area contributed by atoms with Gasteiger partial charge in [0.2, 0.25) is 0 Å². The Morgan fingerprint density at radius 1 is 1.07 bits per heavy atom. The fourth-order valence-corrected chi connectivity index (χ4v) is 2.41. The number of amidine groups is 1. The Kier molecular flexibility index (Phi) is 8.04. The molecule has 0 aliphatic rings. The van der Waals surface area contributed by atoms with Crippen LogP contribution in [-0.2, 0) is 17.3 Å². The quantitative estimate of drug-likeness (QED) is 0.416. The van der Waals surface area contributed by atoms with E-state index >= 15 is 0 Å². The number of amides is 1. The fraction of sp³-hybridized carbons (Fsp3) is 0.333. The number of rotatable bonds is 7. The summed E-state index contributed by atoms with van der Waals surface area (Å²) >= 11 is 0. The monoisotopic (exact) mass is 392 g/mol. The van der Waals surface area contributed by atoms with Gasteiger partial charge in [-0.1, -0.05) is 37.3 Å². The minimum absolute atomic E-state index is 0.0832. The van der Waals surface area contributed by atoms with Gasteiger partial charge in [0.25, 0.3) is 11.9 Å². The molecule has 2 rings (SSSR count). The first-order chi connectivity index (χ1) is 13.4. The van der Waals surface area contributed by atoms with Crippen molar-refractivity contribution in [3.63, 3.8) is 0 Å². The maximum absolute atomic E-state index is 12.6. The Balaban J connectivity index is 1.95. The number of nitrogens with one attached hydrogen (secondary N) is 1. The van der Waals surface area contributed by atoms with Crippen LogP contribution in [0.25, 0.3) is 0 Å². The molecule has 2 aromatic carbocycles. The van der Waals surface area contributed by atoms with E-state index in [1.165, 1.54) is 5.56 Å². The van der Waals surface area contributed by atoms with Crippen molar-refractivity contribution in [2.75, 3.05) is 13.2 Å². The molecule has 7 heteroatoms. The van der Waals surface area contributed by atoms with E-state index in [0.29, 0.717) is 13.2 Å². The average Bonchev–Trinajstić information content (AvgIpc) is 2.69. The maximum Gasteiger partial charge on any atom is 0.416 e. The van der Waals surface area contributed by atoms with Crippen molar-refractivity contribution >= 4 is 11.9 Å². The minimum Gasteiger partial charge on any atom is -0.465 e. The number of hydrogen-bond donors (Lipinski definition) is 1. The zero-order chi connectivity index (χ0) is 20.4. The van der Waals surface area contributed by atoms with Gasteiger partial charge in [0.05, 0.1) is 12.2 Å². The van der Waals surface area contributed by atoms with E-state index in [0.717, 1.165) is 43.5 Å². The first-order valence-electron chi connectivity index (χ1n) is 9.10. The summed E-state index contributed by atoms with van der Waals surface area (Å²) in [6.07, 6.45) is -2.08. The van der Waals surface area contributed by atoms with Gasteiger partial charge < -0.3 is 4.74 Å². The van der Waals surface area contributed by atoms with Crippen molar-refractivity contribution in [2.45, 2.75) is 32.4 Å². The van der Waals surface area contributed by atoms with E-state index in [4.69, 9.17) is 4.74 Å². The van der Waals surface area contributed by atoms with Gasteiger partial charge in [-0.3, -0.25) is 10.1 Å². The largest absolute Gasteiger partial charge is 0.465 e. The van der Waals surface area contributed by atoms with E-state index in [1.54, 1.807) is 0 Å². The van der Waals surface area contributed by atoms with Crippen molar-refractivity contribution in [2.24, 2.45) is 4.99 Å². The van der Waals surface area contributed by atoms with Gasteiger partial charge in [0.15, 0.2) is 0 Å². The predicted octanol–water partition coefficient (Wildman–Crippen LogP) is 4.85. The Bertz CT molecular complexity index is 772. The van der Waals surface area contributed by atoms with Crippen molar-refractivity contribution < 1.29 is 22.7 Å². The standard InChI is InChI=1S/C21H23F3N2O2/c1-2-15-28-20(25-14-6-9-16-7-4-3-5-8-16)26-19(27)17-10-12-18(13-11-17)21(22,23)24/h3-5,7-8,10-13H,2,6,9,14-15H2,1H3,(H,25,26,27). The summed E-state index contributed by atoms with van der Waals surface area (Å²) in [7, 11) is 0. The molecule has 0 saturated heterocycles. The highest BCUT2D eigenvalue weighted by molar-refractivity contribution is 6.04. The summed E-state index contributed by atoms with van der Waals surface area (Å²) in [5, 5.41) is 2.53. The molecular formula is C21H23F3N2O2. The smallest absolute Gasteiger partial charge is 0.416 e. The molecule has 0 fully saturated rings. The Morgan fingerprint density at radius 3 is 2.36 bits per heavy atom. The number of benzene rings is 2. The van der Waals surface area contributed by atoms with Crippen LogP contribution in [0.1, 0.15) is 41.3 Å². The van der Waals surface area contributed by atoms with Crippen LogP contribution in [0.15, 0.2) is 59.6 Å². The highest BCUT2D eigenvalue weighted by Crippen LogP contribution is 2.29. The first-order valence-corrected chi connectivity index (χ1v) is 9.10. The normalized spacial score (nSPS) is 11.9. The van der Waals surface area contributed by atoms with Gasteiger partial charge >= 0.3 is 6.18 Å². The van der Waals surface area contributed by atoms with Gasteiger partial charge in [-0.25, -0.2) is 4.99 Å². The molecule has 1 amide bonds. The summed E-state index contributed by atoms with van der Waals surface area (Å²) in [4.78, 5) is 16.6. The van der Waals surface area contributed by atoms with Gasteiger partial charge in [-0.15, -0.1) is 0 Å². The second-order valence-electron chi connectivity index (χ2n) is 6.15. The minimum atomic E-state index is -4.44. The van der Waals surface area contributed by atoms with Crippen molar-refractivity contribution in [3.8, 4) is 0 Å². The van der Waals surface area contributed by atoms with Gasteiger partial charge in [0.1, 0.15) is 0 Å². The molecule has 0 bridgehead atoms. The second kappa shape index (κ2) is 10.5. The molecule has 0 aliphatic carbocycles. The van der Waals surface area contributed by atoms with Crippen LogP contribution in [0.4, 0.5) is 13.2 Å². The van der Waals surface area contributed by atoms with Crippen molar-refractivity contribution in [1.29, 1.82) is 0 Å². The highest BCUT2D eigenvalue weighted by Gasteiger charge is 2.30. The molecule has 0 atom stereocenters. The molecule has 0 aliphatic heterocycles. The lowest BCUT2D eigenvalue weighted by Gasteiger charge is -2.11. The highest BCUT2D eigenvalue weighted by atomic mass is 19.4. The number of halogens is 3. The zero-order valence-corrected chi connectivity index (χ0v) is 15.6. The van der Waals surface area contributed by atoms with Crippen molar-refractivity contribution in [3.05, 3.63) is 71.3 Å². The molecule has 0 aromatic heterocycles. The molecule has 0 radical (unpaired) electrons. The van der Waals surface area contributed by atoms with Gasteiger partial charge in [-0.05, 0) is 49.1 Å². The number of aliphatic imine (C=N–C) groups is 1. The second-order valence-corrected chi connectivity index (χ2v) is 6.15. The number of carbonyl (C=O) groups is 1. The molecule has 4 nitrogen and oxygen atoms in total. The number of ether oxygens (including phenoxy) is 1. The third-order valence-electron chi connectivity index (χ3n) is 3.86. The molecule has 0 saturated carbocycles. The van der Waals surface area contributed by atoms with E-state index in [-0.39, 0.29) is 11.6 Å². The van der Waals surface area contributed by atoms with Crippen LogP contribution in [0.5, 0.6) is 0 Å². The Morgan fingerprint density at radius 2 is 1.75 bits per heavy atom. The summed E-state index contributed by atoms with van der Waals surface area (Å²) in [6, 6.07) is 14.1. The number of nitrogens with zero attached hydrogens (tertiary/aromatic N) is 1. The van der Waals surface area contributed by atoms with Crippen molar-refractivity contribution in [1.82, 2.24) is 5.32 Å². The molecule has 28 heavy (non-hydrogen) atoms. The molecule has 1 N–H and O–H groups in total. The topological polar surface area (TPSA) is 50.7 Å². The SMILES string of the molecule is CCCOC(=NCCCc1ccccc1)NC(=O)c1ccc(C(F)(F)F)cc1. The van der Waals surface area contributed by atoms with E-state index in [9.17, 15) is 18.0 Å². The molecule has 150 valence electrons. The first kappa shape index (κ1) is 21.5. The predicted molar refractivity (Wildman–Crippen MR) is 102 cm³/mol. The molecular weight excluding hydrogens is 369 g/mol. The Hall–Kier alpha value is -2.83. The summed E-state index contributed by atoms with van der Waals surface area (Å²) < 4.78 is 43.3. The number of aryl methyl sites for hydroxylation is 1. The van der Waals surface area contributed by atoms with Gasteiger partial charge in [0, 0.05) is 12.1 Å². The van der Waals surface area contributed by atoms with Crippen LogP contribution in [0.3, 0.4) is 0 Å². The summed E-state index contributed by atoms with van der Waals surface area (Å²) in [5.74, 6) is -0.563. The lowest BCUT2D eigenvalue weighted by atomic mass is 10.1. The van der Waals surface area contributed by atoms with E-state index in [1.807, 2.05) is 37.3 Å². The lowest BCUT2D eigenvalue weighted by Crippen LogP contribution is -2.33. The van der Waals surface area contributed by atoms with Crippen LogP contribution < -0.4 is 5.32 Å². The van der Waals surface area contributed by atoms with Crippen LogP contribution in [0, 0.1) is 0 Å². The summed E-state index contributed by atoms with van der Waals surface area (Å²) in [5.41, 5.74) is 0.494. The van der Waals surface area contributed by atoms with Crippen LogP contribution in [-0.4, -0.2) is 25.1 Å². The third kappa shape index (κ3) is 7.06. The Labute approximate surface area is 162 Å². The van der Waals surface area contributed by atoms with E-state index < -0.39 is 17.6 Å². The van der Waals surface area contributed by atoms with Crippen LogP contribution in [0.2, 0.25) is 0 Å². The average molecular weight is 392 g/mol. The third-order valence-corrected chi connectivity index (χ3v) is 3.86. The van der Waals surface area contributed by atoms with Crippen LogP contribution >= 0.6 is 0 Å². The molecule has 0 unspecified atom stereocenters. The summed E-state index contributed by atoms with van der Waals surface area (Å²) in [6.45, 7) is 2.76. The number of carbonyl (C=O) groups excluding carboxylic acids is 1. The van der Waals surface area contributed by atoms with E-state index in [2.05, 4.69) is 10.3 Å². The van der Waals surface area contributed by atoms with Gasteiger partial charge in [-0.2, -0.15) is 13.2 Å². The maximum atomic E-state index is 12.6. The zero-order valence-electron chi connectivity index (χ0n) is 15.6. The lowest BCUT2D eigenvalue weighted by molar-refractivity contribution is -0.137. The number of alkyl halides is 3. The molecule has 0 spiro atoms. The number of hydrogen-bond acceptors (Lipinski definition) is 3. The molecule has 0 heterocycles. The fourth-order valence-electron chi connectivity index (χ4n) is 2.41. The molecule has 2 aromatic rings.